The van der Waals surface area contributed by atoms with Crippen molar-refractivity contribution in [3.05, 3.63) is 22.1 Å². The third kappa shape index (κ3) is 3.94. The van der Waals surface area contributed by atoms with Gasteiger partial charge >= 0.3 is 5.82 Å². The SMILES string of the molecule is CCCC(C)CCCc1oc(=O)oc1C. The lowest BCUT2D eigenvalue weighted by atomic mass is 9.99. The largest absolute Gasteiger partial charge is 0.519 e. The summed E-state index contributed by atoms with van der Waals surface area (Å²) in [7, 11) is 0. The zero-order valence-corrected chi connectivity index (χ0v) is 9.84. The molecule has 1 aromatic rings. The van der Waals surface area contributed by atoms with Crippen molar-refractivity contribution in [1.82, 2.24) is 0 Å². The second-order valence-corrected chi connectivity index (χ2v) is 4.22. The summed E-state index contributed by atoms with van der Waals surface area (Å²) >= 11 is 0. The van der Waals surface area contributed by atoms with Crippen LogP contribution in [-0.4, -0.2) is 0 Å². The lowest BCUT2D eigenvalue weighted by Crippen LogP contribution is -1.96. The van der Waals surface area contributed by atoms with Crippen molar-refractivity contribution in [3.8, 4) is 0 Å². The molecule has 1 unspecified atom stereocenters. The van der Waals surface area contributed by atoms with Crippen LogP contribution in [0.15, 0.2) is 13.6 Å². The predicted molar refractivity (Wildman–Crippen MR) is 59.0 cm³/mol. The maximum absolute atomic E-state index is 10.8. The molecule has 0 amide bonds. The van der Waals surface area contributed by atoms with Crippen LogP contribution in [0.2, 0.25) is 0 Å². The molecule has 1 atom stereocenters. The van der Waals surface area contributed by atoms with Crippen LogP contribution in [0.1, 0.15) is 51.1 Å². The summed E-state index contributed by atoms with van der Waals surface area (Å²) in [6.07, 6.45) is 5.56. The van der Waals surface area contributed by atoms with Gasteiger partial charge in [-0.05, 0) is 19.3 Å². The van der Waals surface area contributed by atoms with Crippen LogP contribution < -0.4 is 5.82 Å². The normalized spacial score (nSPS) is 13.0. The van der Waals surface area contributed by atoms with E-state index in [1.807, 2.05) is 0 Å². The van der Waals surface area contributed by atoms with Gasteiger partial charge in [-0.3, -0.25) is 0 Å². The zero-order valence-electron chi connectivity index (χ0n) is 9.84. The maximum Gasteiger partial charge on any atom is 0.519 e. The fourth-order valence-corrected chi connectivity index (χ4v) is 1.85. The second kappa shape index (κ2) is 5.79. The van der Waals surface area contributed by atoms with Gasteiger partial charge in [0.05, 0.1) is 0 Å². The maximum atomic E-state index is 10.8. The van der Waals surface area contributed by atoms with Gasteiger partial charge in [0, 0.05) is 6.42 Å². The van der Waals surface area contributed by atoms with Gasteiger partial charge in [0.25, 0.3) is 0 Å². The number of hydrogen-bond donors (Lipinski definition) is 0. The Balaban J connectivity index is 2.31. The summed E-state index contributed by atoms with van der Waals surface area (Å²) in [5.41, 5.74) is 0. The molecule has 1 heterocycles. The molecule has 1 rings (SSSR count). The highest BCUT2D eigenvalue weighted by molar-refractivity contribution is 5.00. The van der Waals surface area contributed by atoms with Crippen molar-refractivity contribution in [2.24, 2.45) is 5.92 Å². The first-order chi connectivity index (χ1) is 7.13. The fraction of sp³-hybridized carbons (Fsp3) is 0.750. The first kappa shape index (κ1) is 12.1. The topological polar surface area (TPSA) is 43.4 Å². The van der Waals surface area contributed by atoms with Crippen molar-refractivity contribution in [3.63, 3.8) is 0 Å². The number of hydrogen-bond acceptors (Lipinski definition) is 3. The third-order valence-corrected chi connectivity index (χ3v) is 2.72. The highest BCUT2D eigenvalue weighted by atomic mass is 16.6. The molecule has 1 aromatic heterocycles. The van der Waals surface area contributed by atoms with E-state index >= 15 is 0 Å². The molecule has 0 aromatic carbocycles. The molecule has 0 aliphatic heterocycles. The lowest BCUT2D eigenvalue weighted by molar-refractivity contribution is 0.365. The van der Waals surface area contributed by atoms with E-state index in [9.17, 15) is 4.79 Å². The highest BCUT2D eigenvalue weighted by Crippen LogP contribution is 2.15. The molecular weight excluding hydrogens is 192 g/mol. The smallest absolute Gasteiger partial charge is 0.396 e. The van der Waals surface area contributed by atoms with E-state index in [0.717, 1.165) is 18.8 Å². The van der Waals surface area contributed by atoms with Gasteiger partial charge in [0.1, 0.15) is 11.5 Å². The van der Waals surface area contributed by atoms with Crippen molar-refractivity contribution < 1.29 is 8.83 Å². The van der Waals surface area contributed by atoms with E-state index in [4.69, 9.17) is 8.83 Å². The standard InChI is InChI=1S/C12H20O3/c1-4-6-9(2)7-5-8-11-10(3)14-12(13)15-11/h9H,4-8H2,1-3H3. The quantitative estimate of drug-likeness (QED) is 0.726. The van der Waals surface area contributed by atoms with Gasteiger partial charge in [0.2, 0.25) is 0 Å². The van der Waals surface area contributed by atoms with Gasteiger partial charge in [-0.25, -0.2) is 4.79 Å². The minimum Gasteiger partial charge on any atom is -0.396 e. The molecule has 0 fully saturated rings. The molecule has 0 bridgehead atoms. The predicted octanol–water partition coefficient (Wildman–Crippen LogP) is 3.30. The number of rotatable bonds is 6. The van der Waals surface area contributed by atoms with Gasteiger partial charge < -0.3 is 8.83 Å². The number of aryl methyl sites for hydroxylation is 2. The van der Waals surface area contributed by atoms with E-state index in [1.165, 1.54) is 19.3 Å². The first-order valence-electron chi connectivity index (χ1n) is 5.73. The van der Waals surface area contributed by atoms with Gasteiger partial charge in [-0.2, -0.15) is 0 Å². The molecule has 0 saturated carbocycles. The van der Waals surface area contributed by atoms with Crippen molar-refractivity contribution >= 4 is 0 Å². The summed E-state index contributed by atoms with van der Waals surface area (Å²) in [6, 6.07) is 0. The lowest BCUT2D eigenvalue weighted by Gasteiger charge is -2.08. The van der Waals surface area contributed by atoms with Gasteiger partial charge in [-0.1, -0.05) is 33.1 Å². The molecule has 0 spiro atoms. The molecule has 0 radical (unpaired) electrons. The summed E-state index contributed by atoms with van der Waals surface area (Å²) in [5.74, 6) is 1.52. The molecule has 86 valence electrons. The minimum absolute atomic E-state index is 0.580. The summed E-state index contributed by atoms with van der Waals surface area (Å²) in [4.78, 5) is 10.8. The summed E-state index contributed by atoms with van der Waals surface area (Å²) < 4.78 is 9.73. The Morgan fingerprint density at radius 2 is 2.00 bits per heavy atom. The van der Waals surface area contributed by atoms with Crippen LogP contribution in [-0.2, 0) is 6.42 Å². The molecule has 3 nitrogen and oxygen atoms in total. The molecular formula is C12H20O3. The minimum atomic E-state index is -0.580. The van der Waals surface area contributed by atoms with Gasteiger partial charge in [-0.15, -0.1) is 0 Å². The van der Waals surface area contributed by atoms with E-state index < -0.39 is 5.82 Å². The van der Waals surface area contributed by atoms with Crippen molar-refractivity contribution in [2.75, 3.05) is 0 Å². The van der Waals surface area contributed by atoms with Crippen LogP contribution in [0, 0.1) is 12.8 Å². The summed E-state index contributed by atoms with van der Waals surface area (Å²) in [6.45, 7) is 6.24. The highest BCUT2D eigenvalue weighted by Gasteiger charge is 2.08. The molecule has 0 N–H and O–H groups in total. The molecule has 3 heteroatoms. The molecule has 0 saturated heterocycles. The average Bonchev–Trinajstić information content (AvgIpc) is 2.46. The third-order valence-electron chi connectivity index (χ3n) is 2.72. The zero-order chi connectivity index (χ0) is 11.3. The van der Waals surface area contributed by atoms with Crippen LogP contribution >= 0.6 is 0 Å². The Bertz CT molecular complexity index is 335. The molecule has 0 aliphatic rings. The second-order valence-electron chi connectivity index (χ2n) is 4.22. The average molecular weight is 212 g/mol. The Morgan fingerprint density at radius 3 is 2.53 bits per heavy atom. The van der Waals surface area contributed by atoms with Crippen LogP contribution in [0.4, 0.5) is 0 Å². The monoisotopic (exact) mass is 212 g/mol. The van der Waals surface area contributed by atoms with E-state index in [1.54, 1.807) is 6.92 Å². The Labute approximate surface area is 90.5 Å². The Kier molecular flexibility index (Phi) is 4.66. The van der Waals surface area contributed by atoms with E-state index in [-0.39, 0.29) is 0 Å². The summed E-state index contributed by atoms with van der Waals surface area (Å²) in [5, 5.41) is 0. The van der Waals surface area contributed by atoms with E-state index in [0.29, 0.717) is 11.5 Å². The Hall–Kier alpha value is -0.990. The van der Waals surface area contributed by atoms with Crippen LogP contribution in [0.25, 0.3) is 0 Å². The first-order valence-corrected chi connectivity index (χ1v) is 5.73. The molecule has 15 heavy (non-hydrogen) atoms. The fourth-order valence-electron chi connectivity index (χ4n) is 1.85. The van der Waals surface area contributed by atoms with Crippen LogP contribution in [0.5, 0.6) is 0 Å². The van der Waals surface area contributed by atoms with Gasteiger partial charge in [0.15, 0.2) is 0 Å². The van der Waals surface area contributed by atoms with Crippen molar-refractivity contribution in [1.29, 1.82) is 0 Å². The van der Waals surface area contributed by atoms with Crippen LogP contribution in [0.3, 0.4) is 0 Å². The molecule has 0 aliphatic carbocycles. The Morgan fingerprint density at radius 1 is 1.27 bits per heavy atom. The van der Waals surface area contributed by atoms with E-state index in [2.05, 4.69) is 13.8 Å². The van der Waals surface area contributed by atoms with Crippen molar-refractivity contribution in [2.45, 2.75) is 52.9 Å².